The van der Waals surface area contributed by atoms with Crippen LogP contribution in [0.5, 0.6) is 0 Å². The monoisotopic (exact) mass is 204 g/mol. The number of aryl methyl sites for hydroxylation is 2. The molecular weight excluding hydrogens is 192 g/mol. The van der Waals surface area contributed by atoms with Crippen LogP contribution in [0.1, 0.15) is 18.2 Å². The summed E-state index contributed by atoms with van der Waals surface area (Å²) in [7, 11) is 0. The molecular formula is C10H12N4O. The van der Waals surface area contributed by atoms with E-state index >= 15 is 0 Å². The molecule has 2 aromatic heterocycles. The molecule has 78 valence electrons. The molecule has 0 radical (unpaired) electrons. The van der Waals surface area contributed by atoms with Crippen LogP contribution in [0, 0.1) is 6.92 Å². The normalized spacial score (nSPS) is 10.5. The standard InChI is InChI=1S/C10H12N4O/c1-3-8-6-9(7(2)12-10(8)15)14-5-4-11-13-14/h4-6H,3H2,1-2H3,(H,12,15). The van der Waals surface area contributed by atoms with Gasteiger partial charge in [-0.2, -0.15) is 0 Å². The first kappa shape index (κ1) is 9.64. The molecule has 5 nitrogen and oxygen atoms in total. The minimum atomic E-state index is -0.0288. The Morgan fingerprint density at radius 1 is 1.53 bits per heavy atom. The van der Waals surface area contributed by atoms with Gasteiger partial charge in [0.05, 0.1) is 18.1 Å². The molecule has 0 aromatic carbocycles. The van der Waals surface area contributed by atoms with E-state index in [1.54, 1.807) is 17.1 Å². The topological polar surface area (TPSA) is 63.6 Å². The molecule has 0 bridgehead atoms. The first-order chi connectivity index (χ1) is 7.22. The maximum atomic E-state index is 11.5. The number of rotatable bonds is 2. The summed E-state index contributed by atoms with van der Waals surface area (Å²) in [5.74, 6) is 0. The fraction of sp³-hybridized carbons (Fsp3) is 0.300. The Hall–Kier alpha value is -1.91. The number of nitrogens with zero attached hydrogens (tertiary/aromatic N) is 3. The van der Waals surface area contributed by atoms with E-state index in [1.807, 2.05) is 19.9 Å². The van der Waals surface area contributed by atoms with Gasteiger partial charge in [0.2, 0.25) is 0 Å². The number of hydrogen-bond donors (Lipinski definition) is 1. The van der Waals surface area contributed by atoms with Gasteiger partial charge in [-0.05, 0) is 19.4 Å². The van der Waals surface area contributed by atoms with Crippen LogP contribution in [-0.4, -0.2) is 20.0 Å². The SMILES string of the molecule is CCc1cc(-n2ccnn2)c(C)[nH]c1=O. The highest BCUT2D eigenvalue weighted by molar-refractivity contribution is 5.37. The number of aromatic nitrogens is 4. The molecule has 2 heterocycles. The van der Waals surface area contributed by atoms with Gasteiger partial charge in [0, 0.05) is 11.3 Å². The van der Waals surface area contributed by atoms with Gasteiger partial charge in [-0.3, -0.25) is 4.79 Å². The van der Waals surface area contributed by atoms with Crippen molar-refractivity contribution in [2.75, 3.05) is 0 Å². The molecule has 15 heavy (non-hydrogen) atoms. The quantitative estimate of drug-likeness (QED) is 0.787. The van der Waals surface area contributed by atoms with Crippen LogP contribution >= 0.6 is 0 Å². The average Bonchev–Trinajstić information content (AvgIpc) is 2.71. The molecule has 0 aliphatic heterocycles. The second-order valence-electron chi connectivity index (χ2n) is 3.34. The van der Waals surface area contributed by atoms with E-state index in [-0.39, 0.29) is 5.56 Å². The number of hydrogen-bond acceptors (Lipinski definition) is 3. The molecule has 0 saturated heterocycles. The van der Waals surface area contributed by atoms with Crippen LogP contribution in [0.3, 0.4) is 0 Å². The Kier molecular flexibility index (Phi) is 2.37. The van der Waals surface area contributed by atoms with Gasteiger partial charge in [0.1, 0.15) is 0 Å². The molecule has 0 saturated carbocycles. The van der Waals surface area contributed by atoms with E-state index in [0.29, 0.717) is 6.42 Å². The second kappa shape index (κ2) is 3.68. The van der Waals surface area contributed by atoms with Gasteiger partial charge < -0.3 is 4.98 Å². The van der Waals surface area contributed by atoms with E-state index in [2.05, 4.69) is 15.3 Å². The van der Waals surface area contributed by atoms with Crippen molar-refractivity contribution < 1.29 is 0 Å². The van der Waals surface area contributed by atoms with Crippen LogP contribution in [0.25, 0.3) is 5.69 Å². The lowest BCUT2D eigenvalue weighted by Gasteiger charge is -2.06. The number of aromatic amines is 1. The predicted molar refractivity (Wildman–Crippen MR) is 56.1 cm³/mol. The zero-order valence-corrected chi connectivity index (χ0v) is 8.69. The summed E-state index contributed by atoms with van der Waals surface area (Å²) in [4.78, 5) is 14.3. The van der Waals surface area contributed by atoms with Crippen molar-refractivity contribution in [1.29, 1.82) is 0 Å². The molecule has 0 spiro atoms. The molecule has 2 aromatic rings. The Bertz CT molecular complexity index is 513. The van der Waals surface area contributed by atoms with E-state index in [4.69, 9.17) is 0 Å². The summed E-state index contributed by atoms with van der Waals surface area (Å²) in [6.07, 6.45) is 4.06. The lowest BCUT2D eigenvalue weighted by Crippen LogP contribution is -2.15. The summed E-state index contributed by atoms with van der Waals surface area (Å²) >= 11 is 0. The molecule has 0 unspecified atom stereocenters. The Labute approximate surface area is 86.8 Å². The maximum Gasteiger partial charge on any atom is 0.251 e. The van der Waals surface area contributed by atoms with Crippen LogP contribution < -0.4 is 5.56 Å². The van der Waals surface area contributed by atoms with E-state index < -0.39 is 0 Å². The highest BCUT2D eigenvalue weighted by atomic mass is 16.1. The number of nitrogens with one attached hydrogen (secondary N) is 1. The van der Waals surface area contributed by atoms with Crippen LogP contribution in [0.4, 0.5) is 0 Å². The Balaban J connectivity index is 2.62. The Morgan fingerprint density at radius 3 is 2.93 bits per heavy atom. The first-order valence-electron chi connectivity index (χ1n) is 4.82. The van der Waals surface area contributed by atoms with E-state index in [1.165, 1.54) is 0 Å². The summed E-state index contributed by atoms with van der Waals surface area (Å²) in [5, 5.41) is 7.64. The van der Waals surface area contributed by atoms with Gasteiger partial charge in [-0.1, -0.05) is 12.1 Å². The molecule has 0 aliphatic carbocycles. The second-order valence-corrected chi connectivity index (χ2v) is 3.34. The largest absolute Gasteiger partial charge is 0.324 e. The highest BCUT2D eigenvalue weighted by Gasteiger charge is 2.06. The van der Waals surface area contributed by atoms with Gasteiger partial charge in [-0.15, -0.1) is 5.10 Å². The fourth-order valence-corrected chi connectivity index (χ4v) is 1.49. The maximum absolute atomic E-state index is 11.5. The van der Waals surface area contributed by atoms with Gasteiger partial charge in [0.15, 0.2) is 0 Å². The molecule has 5 heteroatoms. The average molecular weight is 204 g/mol. The van der Waals surface area contributed by atoms with Crippen molar-refractivity contribution in [2.45, 2.75) is 20.3 Å². The number of H-pyrrole nitrogens is 1. The van der Waals surface area contributed by atoms with Gasteiger partial charge in [0.25, 0.3) is 5.56 Å². The lowest BCUT2D eigenvalue weighted by atomic mass is 10.2. The van der Waals surface area contributed by atoms with E-state index in [0.717, 1.165) is 16.9 Å². The summed E-state index contributed by atoms with van der Waals surface area (Å²) in [5.41, 5.74) is 2.39. The van der Waals surface area contributed by atoms with Crippen molar-refractivity contribution in [3.05, 3.63) is 40.1 Å². The summed E-state index contributed by atoms with van der Waals surface area (Å²) in [6, 6.07) is 1.85. The zero-order valence-electron chi connectivity index (χ0n) is 8.69. The van der Waals surface area contributed by atoms with Crippen LogP contribution in [-0.2, 0) is 6.42 Å². The number of pyridine rings is 1. The van der Waals surface area contributed by atoms with Crippen LogP contribution in [0.15, 0.2) is 23.3 Å². The van der Waals surface area contributed by atoms with Crippen molar-refractivity contribution in [3.8, 4) is 5.69 Å². The first-order valence-corrected chi connectivity index (χ1v) is 4.82. The molecule has 1 N–H and O–H groups in total. The molecule has 0 fully saturated rings. The third kappa shape index (κ3) is 1.68. The van der Waals surface area contributed by atoms with Crippen molar-refractivity contribution in [3.63, 3.8) is 0 Å². The lowest BCUT2D eigenvalue weighted by molar-refractivity contribution is 0.787. The molecule has 0 aliphatic rings. The zero-order chi connectivity index (χ0) is 10.8. The fourth-order valence-electron chi connectivity index (χ4n) is 1.49. The minimum absolute atomic E-state index is 0.0288. The van der Waals surface area contributed by atoms with Gasteiger partial charge in [-0.25, -0.2) is 4.68 Å². The predicted octanol–water partition coefficient (Wildman–Crippen LogP) is 0.826. The van der Waals surface area contributed by atoms with Crippen molar-refractivity contribution >= 4 is 0 Å². The van der Waals surface area contributed by atoms with Crippen molar-refractivity contribution in [1.82, 2.24) is 20.0 Å². The minimum Gasteiger partial charge on any atom is -0.324 e. The third-order valence-electron chi connectivity index (χ3n) is 2.34. The summed E-state index contributed by atoms with van der Waals surface area (Å²) < 4.78 is 1.64. The molecule has 0 atom stereocenters. The van der Waals surface area contributed by atoms with E-state index in [9.17, 15) is 4.79 Å². The summed E-state index contributed by atoms with van der Waals surface area (Å²) in [6.45, 7) is 3.79. The molecule has 2 rings (SSSR count). The van der Waals surface area contributed by atoms with Crippen molar-refractivity contribution in [2.24, 2.45) is 0 Å². The smallest absolute Gasteiger partial charge is 0.251 e. The third-order valence-corrected chi connectivity index (χ3v) is 2.34. The Morgan fingerprint density at radius 2 is 2.33 bits per heavy atom. The van der Waals surface area contributed by atoms with Crippen LogP contribution in [0.2, 0.25) is 0 Å². The molecule has 0 amide bonds. The highest BCUT2D eigenvalue weighted by Crippen LogP contribution is 2.09. The van der Waals surface area contributed by atoms with Gasteiger partial charge >= 0.3 is 0 Å².